The Labute approximate surface area is 200 Å². The number of fused-ring (bicyclic) bond motifs is 1. The molecular formula is C26H37N5O3. The average Bonchev–Trinajstić information content (AvgIpc) is 3.19. The summed E-state index contributed by atoms with van der Waals surface area (Å²) in [5, 5.41) is 3.13. The van der Waals surface area contributed by atoms with Crippen molar-refractivity contribution in [3.8, 4) is 0 Å². The van der Waals surface area contributed by atoms with Gasteiger partial charge in [-0.1, -0.05) is 63.4 Å². The molecule has 34 heavy (non-hydrogen) atoms. The van der Waals surface area contributed by atoms with Gasteiger partial charge < -0.3 is 9.88 Å². The van der Waals surface area contributed by atoms with Crippen molar-refractivity contribution in [3.05, 3.63) is 62.1 Å². The van der Waals surface area contributed by atoms with E-state index in [0.717, 1.165) is 37.7 Å². The Bertz CT molecular complexity index is 1220. The van der Waals surface area contributed by atoms with Crippen LogP contribution in [-0.2, 0) is 24.3 Å². The molecule has 2 aromatic heterocycles. The largest absolute Gasteiger partial charge is 0.349 e. The first-order valence-corrected chi connectivity index (χ1v) is 12.5. The van der Waals surface area contributed by atoms with Crippen molar-refractivity contribution in [2.75, 3.05) is 0 Å². The number of aromatic amines is 1. The quantitative estimate of drug-likeness (QED) is 0.420. The third-order valence-electron chi connectivity index (χ3n) is 6.23. The Balaban J connectivity index is 1.85. The molecule has 0 saturated carbocycles. The number of benzene rings is 1. The summed E-state index contributed by atoms with van der Waals surface area (Å²) in [6, 6.07) is 8.16. The number of carbonyl (C=O) groups excluding carboxylic acids is 1. The van der Waals surface area contributed by atoms with Gasteiger partial charge in [0.2, 0.25) is 5.91 Å². The second kappa shape index (κ2) is 11.8. The van der Waals surface area contributed by atoms with E-state index >= 15 is 0 Å². The molecule has 0 aliphatic rings. The Hall–Kier alpha value is -3.16. The van der Waals surface area contributed by atoms with Crippen molar-refractivity contribution < 1.29 is 4.79 Å². The normalized spacial score (nSPS) is 12.2. The molecule has 0 saturated heterocycles. The van der Waals surface area contributed by atoms with Crippen LogP contribution in [0.4, 0.5) is 0 Å². The molecule has 2 heterocycles. The summed E-state index contributed by atoms with van der Waals surface area (Å²) >= 11 is 0. The van der Waals surface area contributed by atoms with Crippen molar-refractivity contribution in [2.24, 2.45) is 0 Å². The van der Waals surface area contributed by atoms with Crippen LogP contribution < -0.4 is 16.6 Å². The van der Waals surface area contributed by atoms with Crippen LogP contribution in [0.25, 0.3) is 11.2 Å². The van der Waals surface area contributed by atoms with E-state index in [1.807, 2.05) is 11.5 Å². The van der Waals surface area contributed by atoms with Gasteiger partial charge in [-0.3, -0.25) is 19.1 Å². The summed E-state index contributed by atoms with van der Waals surface area (Å²) in [5.74, 6) is 0.613. The minimum atomic E-state index is -0.431. The zero-order chi connectivity index (χ0) is 24.7. The molecule has 0 unspecified atom stereocenters. The number of aromatic nitrogens is 4. The summed E-state index contributed by atoms with van der Waals surface area (Å²) in [6.07, 6.45) is 5.03. The summed E-state index contributed by atoms with van der Waals surface area (Å²) in [4.78, 5) is 45.2. The van der Waals surface area contributed by atoms with E-state index in [9.17, 15) is 14.4 Å². The highest BCUT2D eigenvalue weighted by molar-refractivity contribution is 5.77. The maximum Gasteiger partial charge on any atom is 0.330 e. The topological polar surface area (TPSA) is 102 Å². The van der Waals surface area contributed by atoms with E-state index in [1.54, 1.807) is 4.57 Å². The van der Waals surface area contributed by atoms with Gasteiger partial charge in [0.1, 0.15) is 5.82 Å². The molecule has 2 N–H and O–H groups in total. The number of imidazole rings is 1. The molecule has 0 fully saturated rings. The van der Waals surface area contributed by atoms with Crippen molar-refractivity contribution in [1.29, 1.82) is 0 Å². The van der Waals surface area contributed by atoms with Crippen LogP contribution in [0.15, 0.2) is 33.9 Å². The number of rotatable bonds is 12. The Morgan fingerprint density at radius 2 is 1.68 bits per heavy atom. The first kappa shape index (κ1) is 25.5. The number of hydrogen-bond donors (Lipinski definition) is 2. The van der Waals surface area contributed by atoms with Crippen LogP contribution in [0.1, 0.15) is 82.3 Å². The minimum absolute atomic E-state index is 0.0472. The van der Waals surface area contributed by atoms with Crippen molar-refractivity contribution >= 4 is 17.1 Å². The van der Waals surface area contributed by atoms with Crippen LogP contribution in [0.3, 0.4) is 0 Å². The number of unbranched alkanes of at least 4 members (excludes halogenated alkanes) is 2. The third-order valence-corrected chi connectivity index (χ3v) is 6.23. The molecule has 8 heteroatoms. The molecule has 3 aromatic rings. The number of carbonyl (C=O) groups is 1. The van der Waals surface area contributed by atoms with E-state index in [2.05, 4.69) is 55.3 Å². The SMILES string of the molecule is CCCCn1c(CCC(=O)N[C@H](CC)c2ccc(C)cc2)nc2c1c(=O)[nH]c(=O)n2CCCC. The molecule has 1 atom stereocenters. The molecular weight excluding hydrogens is 430 g/mol. The fourth-order valence-corrected chi connectivity index (χ4v) is 4.20. The Kier molecular flexibility index (Phi) is 8.85. The van der Waals surface area contributed by atoms with Crippen LogP contribution in [0.2, 0.25) is 0 Å². The van der Waals surface area contributed by atoms with Gasteiger partial charge in [0.15, 0.2) is 11.2 Å². The van der Waals surface area contributed by atoms with Crippen LogP contribution >= 0.6 is 0 Å². The highest BCUT2D eigenvalue weighted by atomic mass is 16.2. The number of amides is 1. The molecule has 3 rings (SSSR count). The van der Waals surface area contributed by atoms with Crippen LogP contribution in [0.5, 0.6) is 0 Å². The lowest BCUT2D eigenvalue weighted by atomic mass is 10.0. The monoisotopic (exact) mass is 467 g/mol. The second-order valence-corrected chi connectivity index (χ2v) is 8.91. The second-order valence-electron chi connectivity index (χ2n) is 8.91. The van der Waals surface area contributed by atoms with Crippen LogP contribution in [-0.4, -0.2) is 25.0 Å². The van der Waals surface area contributed by atoms with Gasteiger partial charge in [0.25, 0.3) is 5.56 Å². The molecule has 1 aromatic carbocycles. The Morgan fingerprint density at radius 1 is 1.03 bits per heavy atom. The fourth-order valence-electron chi connectivity index (χ4n) is 4.20. The lowest BCUT2D eigenvalue weighted by Gasteiger charge is -2.18. The number of nitrogens with zero attached hydrogens (tertiary/aromatic N) is 3. The lowest BCUT2D eigenvalue weighted by Crippen LogP contribution is -2.31. The lowest BCUT2D eigenvalue weighted by molar-refractivity contribution is -0.121. The molecule has 0 spiro atoms. The predicted octanol–water partition coefficient (Wildman–Crippen LogP) is 4.00. The summed E-state index contributed by atoms with van der Waals surface area (Å²) in [7, 11) is 0. The van der Waals surface area contributed by atoms with Gasteiger partial charge >= 0.3 is 5.69 Å². The van der Waals surface area contributed by atoms with Gasteiger partial charge in [-0.2, -0.15) is 0 Å². The van der Waals surface area contributed by atoms with Gasteiger partial charge in [-0.15, -0.1) is 0 Å². The minimum Gasteiger partial charge on any atom is -0.349 e. The van der Waals surface area contributed by atoms with Crippen molar-refractivity contribution in [2.45, 2.75) is 91.8 Å². The Morgan fingerprint density at radius 3 is 2.29 bits per heavy atom. The molecule has 0 radical (unpaired) electrons. The molecule has 1 amide bonds. The summed E-state index contributed by atoms with van der Waals surface area (Å²) in [6.45, 7) is 9.36. The highest BCUT2D eigenvalue weighted by Crippen LogP contribution is 2.19. The van der Waals surface area contributed by atoms with Gasteiger partial charge in [0.05, 0.1) is 6.04 Å². The highest BCUT2D eigenvalue weighted by Gasteiger charge is 2.20. The van der Waals surface area contributed by atoms with E-state index in [1.165, 1.54) is 5.56 Å². The predicted molar refractivity (Wildman–Crippen MR) is 135 cm³/mol. The van der Waals surface area contributed by atoms with Crippen molar-refractivity contribution in [1.82, 2.24) is 24.4 Å². The summed E-state index contributed by atoms with van der Waals surface area (Å²) < 4.78 is 3.45. The first-order valence-electron chi connectivity index (χ1n) is 12.5. The standard InChI is InChI=1S/C26H37N5O3/c1-5-8-16-30-21(28-24-23(30)25(33)29-26(34)31(24)17-9-6-2)14-15-22(32)27-20(7-3)19-12-10-18(4)11-13-19/h10-13,20H,5-9,14-17H2,1-4H3,(H,27,32)(H,29,33,34)/t20-/m1/s1. The zero-order valence-corrected chi connectivity index (χ0v) is 20.8. The third kappa shape index (κ3) is 5.85. The molecule has 0 bridgehead atoms. The number of nitrogens with one attached hydrogen (secondary N) is 2. The molecule has 184 valence electrons. The molecule has 0 aliphatic carbocycles. The smallest absolute Gasteiger partial charge is 0.330 e. The molecule has 8 nitrogen and oxygen atoms in total. The van der Waals surface area contributed by atoms with E-state index < -0.39 is 11.2 Å². The average molecular weight is 468 g/mol. The maximum absolute atomic E-state index is 12.8. The van der Waals surface area contributed by atoms with Crippen LogP contribution in [0, 0.1) is 6.92 Å². The van der Waals surface area contributed by atoms with Crippen molar-refractivity contribution in [3.63, 3.8) is 0 Å². The number of hydrogen-bond acceptors (Lipinski definition) is 4. The van der Waals surface area contributed by atoms with E-state index in [4.69, 9.17) is 4.98 Å². The number of aryl methyl sites for hydroxylation is 4. The molecule has 0 aliphatic heterocycles. The number of H-pyrrole nitrogens is 1. The van der Waals surface area contributed by atoms with E-state index in [-0.39, 0.29) is 18.4 Å². The summed E-state index contributed by atoms with van der Waals surface area (Å²) in [5.41, 5.74) is 2.26. The van der Waals surface area contributed by atoms with E-state index in [0.29, 0.717) is 36.5 Å². The van der Waals surface area contributed by atoms with Gasteiger partial charge in [-0.05, 0) is 31.7 Å². The zero-order valence-electron chi connectivity index (χ0n) is 20.8. The maximum atomic E-state index is 12.8. The fraction of sp³-hybridized carbons (Fsp3) is 0.538. The first-order chi connectivity index (χ1) is 16.4. The van der Waals surface area contributed by atoms with Gasteiger partial charge in [-0.25, -0.2) is 9.78 Å². The van der Waals surface area contributed by atoms with Gasteiger partial charge in [0, 0.05) is 25.9 Å².